The van der Waals surface area contributed by atoms with Gasteiger partial charge in [-0.1, -0.05) is 26.0 Å². The summed E-state index contributed by atoms with van der Waals surface area (Å²) in [6.45, 7) is 10.7. The quantitative estimate of drug-likeness (QED) is 0.576. The minimum atomic E-state index is 0.423. The van der Waals surface area contributed by atoms with Crippen LogP contribution in [0.4, 0.5) is 0 Å². The fourth-order valence-corrected chi connectivity index (χ4v) is 3.97. The van der Waals surface area contributed by atoms with Gasteiger partial charge < -0.3 is 20.1 Å². The second kappa shape index (κ2) is 9.33. The number of benzene rings is 1. The molecule has 2 N–H and O–H groups in total. The van der Waals surface area contributed by atoms with E-state index in [0.717, 1.165) is 74.1 Å². The molecule has 1 fully saturated rings. The fourth-order valence-electron chi connectivity index (χ4n) is 3.70. The van der Waals surface area contributed by atoms with E-state index in [4.69, 9.17) is 17.2 Å². The van der Waals surface area contributed by atoms with E-state index in [1.807, 2.05) is 6.07 Å². The molecule has 26 heavy (non-hydrogen) atoms. The predicted octanol–water partition coefficient (Wildman–Crippen LogP) is 3.35. The number of hydrogen-bond donors (Lipinski definition) is 2. The molecule has 6 heteroatoms. The maximum Gasteiger partial charge on any atom is 0.168 e. The molecule has 1 unspecified atom stereocenters. The monoisotopic (exact) mass is 373 g/mol. The number of aromatic amines is 1. The second-order valence-corrected chi connectivity index (χ2v) is 7.42. The summed E-state index contributed by atoms with van der Waals surface area (Å²) in [6.07, 6.45) is 3.45. The summed E-state index contributed by atoms with van der Waals surface area (Å²) in [4.78, 5) is 13.0. The molecule has 1 aromatic heterocycles. The molecule has 0 radical (unpaired) electrons. The van der Waals surface area contributed by atoms with Gasteiger partial charge in [-0.15, -0.1) is 0 Å². The zero-order chi connectivity index (χ0) is 18.4. The number of imidazole rings is 1. The highest BCUT2D eigenvalue weighted by Crippen LogP contribution is 2.26. The molecule has 1 aliphatic heterocycles. The smallest absolute Gasteiger partial charge is 0.168 e. The first kappa shape index (κ1) is 19.1. The third-order valence-corrected chi connectivity index (χ3v) is 5.73. The van der Waals surface area contributed by atoms with Crippen molar-refractivity contribution in [1.29, 1.82) is 0 Å². The van der Waals surface area contributed by atoms with Crippen LogP contribution in [0.25, 0.3) is 11.0 Å². The molecule has 1 aliphatic rings. The van der Waals surface area contributed by atoms with Crippen molar-refractivity contribution < 1.29 is 0 Å². The summed E-state index contributed by atoms with van der Waals surface area (Å²) in [7, 11) is 0. The van der Waals surface area contributed by atoms with Crippen molar-refractivity contribution >= 4 is 28.4 Å². The van der Waals surface area contributed by atoms with Gasteiger partial charge >= 0.3 is 0 Å². The topological polar surface area (TPSA) is 47.2 Å². The van der Waals surface area contributed by atoms with Gasteiger partial charge in [-0.2, -0.15) is 0 Å². The van der Waals surface area contributed by atoms with Crippen LogP contribution in [0, 0.1) is 0 Å². The van der Waals surface area contributed by atoms with Crippen molar-refractivity contribution in [2.24, 2.45) is 0 Å². The van der Waals surface area contributed by atoms with Crippen LogP contribution >= 0.6 is 12.2 Å². The molecule has 0 spiro atoms. The lowest BCUT2D eigenvalue weighted by atomic mass is 9.98. The Bertz CT molecular complexity index is 676. The van der Waals surface area contributed by atoms with Gasteiger partial charge in [0, 0.05) is 25.6 Å². The van der Waals surface area contributed by atoms with Gasteiger partial charge in [0.15, 0.2) is 5.11 Å². The Kier molecular flexibility index (Phi) is 6.86. The standard InChI is InChI=1S/C20H31N5S/c1-3-24(4-2)13-8-12-21-20(26)25-14-7-9-16(15-25)19-22-17-10-5-6-11-18(17)23-19/h5-6,10-11,16H,3-4,7-9,12-15H2,1-2H3,(H,21,26)(H,22,23). The molecule has 5 nitrogen and oxygen atoms in total. The number of H-pyrrole nitrogens is 1. The van der Waals surface area contributed by atoms with E-state index in [1.54, 1.807) is 0 Å². The first-order valence-electron chi connectivity index (χ1n) is 9.91. The minimum absolute atomic E-state index is 0.423. The molecular weight excluding hydrogens is 342 g/mol. The first-order valence-corrected chi connectivity index (χ1v) is 10.3. The third kappa shape index (κ3) is 4.74. The summed E-state index contributed by atoms with van der Waals surface area (Å²) in [5.41, 5.74) is 2.17. The highest BCUT2D eigenvalue weighted by molar-refractivity contribution is 7.80. The van der Waals surface area contributed by atoms with Crippen LogP contribution in [0.2, 0.25) is 0 Å². The summed E-state index contributed by atoms with van der Waals surface area (Å²) >= 11 is 5.65. The molecular formula is C20H31N5S. The van der Waals surface area contributed by atoms with Gasteiger partial charge in [0.1, 0.15) is 5.82 Å². The third-order valence-electron chi connectivity index (χ3n) is 5.32. The van der Waals surface area contributed by atoms with E-state index in [0.29, 0.717) is 5.92 Å². The Morgan fingerprint density at radius 2 is 2.15 bits per heavy atom. The van der Waals surface area contributed by atoms with Gasteiger partial charge in [0.05, 0.1) is 11.0 Å². The zero-order valence-corrected chi connectivity index (χ0v) is 16.8. The van der Waals surface area contributed by atoms with Crippen LogP contribution in [0.15, 0.2) is 24.3 Å². The predicted molar refractivity (Wildman–Crippen MR) is 113 cm³/mol. The highest BCUT2D eigenvalue weighted by atomic mass is 32.1. The SMILES string of the molecule is CCN(CC)CCCNC(=S)N1CCCC(c2nc3ccccc3[nH]2)C1. The van der Waals surface area contributed by atoms with Crippen molar-refractivity contribution in [3.8, 4) is 0 Å². The Balaban J connectivity index is 1.50. The molecule has 2 heterocycles. The van der Waals surface area contributed by atoms with Crippen molar-refractivity contribution in [1.82, 2.24) is 25.1 Å². The van der Waals surface area contributed by atoms with Gasteiger partial charge in [0.2, 0.25) is 0 Å². The van der Waals surface area contributed by atoms with Crippen molar-refractivity contribution in [3.63, 3.8) is 0 Å². The van der Waals surface area contributed by atoms with Crippen molar-refractivity contribution in [3.05, 3.63) is 30.1 Å². The second-order valence-electron chi connectivity index (χ2n) is 7.04. The van der Waals surface area contributed by atoms with Crippen LogP contribution in [0.1, 0.15) is 44.9 Å². The van der Waals surface area contributed by atoms with Gasteiger partial charge in [-0.25, -0.2) is 4.98 Å². The van der Waals surface area contributed by atoms with E-state index < -0.39 is 0 Å². The molecule has 2 aromatic rings. The van der Waals surface area contributed by atoms with Crippen LogP contribution < -0.4 is 5.32 Å². The molecule has 142 valence electrons. The average Bonchev–Trinajstić information content (AvgIpc) is 3.12. The molecule has 1 atom stereocenters. The van der Waals surface area contributed by atoms with Gasteiger partial charge in [0.25, 0.3) is 0 Å². The number of para-hydroxylation sites is 2. The molecule has 0 aliphatic carbocycles. The van der Waals surface area contributed by atoms with Crippen LogP contribution in [0.5, 0.6) is 0 Å². The molecule has 0 amide bonds. The number of thiocarbonyl (C=S) groups is 1. The number of rotatable bonds is 7. The number of likely N-dealkylation sites (tertiary alicyclic amines) is 1. The van der Waals surface area contributed by atoms with Crippen LogP contribution in [-0.4, -0.2) is 64.1 Å². The van der Waals surface area contributed by atoms with E-state index in [1.165, 1.54) is 6.42 Å². The van der Waals surface area contributed by atoms with E-state index >= 15 is 0 Å². The molecule has 3 rings (SSSR count). The Morgan fingerprint density at radius 1 is 1.35 bits per heavy atom. The number of hydrogen-bond acceptors (Lipinski definition) is 3. The van der Waals surface area contributed by atoms with Crippen molar-refractivity contribution in [2.45, 2.75) is 39.0 Å². The summed E-state index contributed by atoms with van der Waals surface area (Å²) < 4.78 is 0. The zero-order valence-electron chi connectivity index (χ0n) is 16.0. The van der Waals surface area contributed by atoms with E-state index in [2.05, 4.69) is 52.1 Å². The number of nitrogens with one attached hydrogen (secondary N) is 2. The maximum atomic E-state index is 5.65. The summed E-state index contributed by atoms with van der Waals surface area (Å²) in [6, 6.07) is 8.25. The van der Waals surface area contributed by atoms with Crippen LogP contribution in [-0.2, 0) is 0 Å². The first-order chi connectivity index (χ1) is 12.7. The number of fused-ring (bicyclic) bond motifs is 1. The molecule has 0 bridgehead atoms. The fraction of sp³-hybridized carbons (Fsp3) is 0.600. The Labute approximate surface area is 162 Å². The molecule has 0 saturated carbocycles. The van der Waals surface area contributed by atoms with Gasteiger partial charge in [-0.05, 0) is 63.2 Å². The van der Waals surface area contributed by atoms with E-state index in [-0.39, 0.29) is 0 Å². The average molecular weight is 374 g/mol. The van der Waals surface area contributed by atoms with E-state index in [9.17, 15) is 0 Å². The van der Waals surface area contributed by atoms with Crippen molar-refractivity contribution in [2.75, 3.05) is 39.3 Å². The maximum absolute atomic E-state index is 5.65. The lowest BCUT2D eigenvalue weighted by molar-refractivity contribution is 0.291. The number of nitrogens with zero attached hydrogens (tertiary/aromatic N) is 3. The minimum Gasteiger partial charge on any atom is -0.363 e. The lowest BCUT2D eigenvalue weighted by Gasteiger charge is -2.34. The normalized spacial score (nSPS) is 17.8. The summed E-state index contributed by atoms with van der Waals surface area (Å²) in [5, 5.41) is 4.35. The number of piperidine rings is 1. The molecule has 1 aromatic carbocycles. The lowest BCUT2D eigenvalue weighted by Crippen LogP contribution is -2.45. The molecule has 1 saturated heterocycles. The highest BCUT2D eigenvalue weighted by Gasteiger charge is 2.25. The number of aromatic nitrogens is 2. The summed E-state index contributed by atoms with van der Waals surface area (Å²) in [5.74, 6) is 1.52. The van der Waals surface area contributed by atoms with Gasteiger partial charge in [-0.3, -0.25) is 0 Å². The Morgan fingerprint density at radius 3 is 2.92 bits per heavy atom. The Hall–Kier alpha value is -1.66. The van der Waals surface area contributed by atoms with Crippen LogP contribution in [0.3, 0.4) is 0 Å². The largest absolute Gasteiger partial charge is 0.363 e.